The van der Waals surface area contributed by atoms with Crippen molar-refractivity contribution in [3.8, 4) is 0 Å². The van der Waals surface area contributed by atoms with E-state index in [2.05, 4.69) is 31.3 Å². The molecule has 9 heteroatoms. The van der Waals surface area contributed by atoms with Crippen LogP contribution in [0.25, 0.3) is 23.1 Å². The van der Waals surface area contributed by atoms with Gasteiger partial charge in [-0.25, -0.2) is 0 Å². The minimum absolute atomic E-state index is 0.170. The number of hydrogen-bond donors (Lipinski definition) is 4. The molecule has 2 aromatic heterocycles. The van der Waals surface area contributed by atoms with Gasteiger partial charge in [0.05, 0.1) is 34.7 Å². The van der Waals surface area contributed by atoms with Gasteiger partial charge >= 0.3 is 0 Å². The van der Waals surface area contributed by atoms with Gasteiger partial charge < -0.3 is 10.2 Å². The Hall–Kier alpha value is -4.50. The lowest BCUT2D eigenvalue weighted by Gasteiger charge is -2.14. The molecule has 9 nitrogen and oxygen atoms in total. The van der Waals surface area contributed by atoms with E-state index in [4.69, 9.17) is 0 Å². The smallest absolute Gasteiger partial charge is 0.271 e. The molecule has 0 spiro atoms. The fourth-order valence-corrected chi connectivity index (χ4v) is 3.35. The molecule has 0 unspecified atom stereocenters. The molecule has 4 rings (SSSR count). The number of H-pyrrole nitrogens is 1. The first-order valence-electron chi connectivity index (χ1n) is 10.7. The second-order valence-corrected chi connectivity index (χ2v) is 7.87. The van der Waals surface area contributed by atoms with Gasteiger partial charge in [-0.1, -0.05) is 18.2 Å². The van der Waals surface area contributed by atoms with Gasteiger partial charge in [-0.3, -0.25) is 30.5 Å². The highest BCUT2D eigenvalue weighted by Gasteiger charge is 2.13. The van der Waals surface area contributed by atoms with Crippen LogP contribution in [0.5, 0.6) is 0 Å². The average Bonchev–Trinajstić information content (AvgIpc) is 3.24. The van der Waals surface area contributed by atoms with Gasteiger partial charge in [0.2, 0.25) is 0 Å². The molecule has 2 amide bonds. The molecule has 34 heavy (non-hydrogen) atoms. The van der Waals surface area contributed by atoms with Crippen LogP contribution in [0.2, 0.25) is 0 Å². The van der Waals surface area contributed by atoms with Gasteiger partial charge in [-0.2, -0.15) is 5.10 Å². The Morgan fingerprint density at radius 3 is 2.62 bits per heavy atom. The number of rotatable bonds is 7. The number of hydrogen-bond acceptors (Lipinski definition) is 6. The summed E-state index contributed by atoms with van der Waals surface area (Å²) in [5.74, 6) is -0.721. The van der Waals surface area contributed by atoms with E-state index in [1.807, 2.05) is 54.6 Å². The maximum atomic E-state index is 12.6. The van der Waals surface area contributed by atoms with Crippen LogP contribution in [-0.2, 0) is 4.79 Å². The number of amides is 2. The molecule has 0 aliphatic rings. The molecule has 0 aliphatic heterocycles. The Morgan fingerprint density at radius 2 is 1.82 bits per heavy atom. The van der Waals surface area contributed by atoms with Crippen molar-refractivity contribution in [3.63, 3.8) is 0 Å². The monoisotopic (exact) mass is 455 g/mol. The normalized spacial score (nSPS) is 11.1. The van der Waals surface area contributed by atoms with E-state index >= 15 is 0 Å². The number of fused-ring (bicyclic) bond motifs is 1. The Morgan fingerprint density at radius 1 is 1.00 bits per heavy atom. The van der Waals surface area contributed by atoms with Gasteiger partial charge in [0.25, 0.3) is 11.8 Å². The minimum Gasteiger partial charge on any atom is -0.355 e. The van der Waals surface area contributed by atoms with Gasteiger partial charge in [0.1, 0.15) is 0 Å². The van der Waals surface area contributed by atoms with Crippen molar-refractivity contribution in [1.29, 1.82) is 0 Å². The Kier molecular flexibility index (Phi) is 6.95. The van der Waals surface area contributed by atoms with Crippen LogP contribution in [-0.4, -0.2) is 52.5 Å². The predicted molar refractivity (Wildman–Crippen MR) is 133 cm³/mol. The van der Waals surface area contributed by atoms with Crippen molar-refractivity contribution < 1.29 is 9.59 Å². The zero-order valence-corrected chi connectivity index (χ0v) is 18.9. The largest absolute Gasteiger partial charge is 0.355 e. The number of carbonyl (C=O) groups excluding carboxylic acids is 2. The summed E-state index contributed by atoms with van der Waals surface area (Å²) in [5, 5.41) is 11.7. The number of pyridine rings is 1. The molecule has 2 aromatic carbocycles. The molecule has 4 aromatic rings. The summed E-state index contributed by atoms with van der Waals surface area (Å²) in [4.78, 5) is 30.5. The first kappa shape index (κ1) is 22.7. The molecular formula is C25H25N7O2. The van der Waals surface area contributed by atoms with Crippen LogP contribution in [0.4, 0.5) is 11.4 Å². The van der Waals surface area contributed by atoms with Gasteiger partial charge in [-0.15, -0.1) is 0 Å². The molecule has 0 saturated carbocycles. The molecule has 0 fully saturated rings. The van der Waals surface area contributed by atoms with E-state index in [-0.39, 0.29) is 12.5 Å². The van der Waals surface area contributed by atoms with E-state index in [1.54, 1.807) is 43.4 Å². The van der Waals surface area contributed by atoms with Crippen molar-refractivity contribution in [2.24, 2.45) is 0 Å². The average molecular weight is 456 g/mol. The second kappa shape index (κ2) is 10.4. The highest BCUT2D eigenvalue weighted by molar-refractivity contribution is 6.01. The molecule has 0 atom stereocenters. The lowest BCUT2D eigenvalue weighted by molar-refractivity contribution is -0.122. The highest BCUT2D eigenvalue weighted by atomic mass is 16.2. The highest BCUT2D eigenvalue weighted by Crippen LogP contribution is 2.25. The molecule has 172 valence electrons. The quantitative estimate of drug-likeness (QED) is 0.318. The van der Waals surface area contributed by atoms with Crippen molar-refractivity contribution in [3.05, 3.63) is 83.8 Å². The predicted octanol–water partition coefficient (Wildman–Crippen LogP) is 3.19. The van der Waals surface area contributed by atoms with Crippen molar-refractivity contribution >= 4 is 46.2 Å². The van der Waals surface area contributed by atoms with Crippen LogP contribution in [0, 0.1) is 0 Å². The molecule has 0 bridgehead atoms. The minimum atomic E-state index is -0.417. The summed E-state index contributed by atoms with van der Waals surface area (Å²) < 4.78 is 0. The van der Waals surface area contributed by atoms with E-state index in [1.165, 1.54) is 0 Å². The summed E-state index contributed by atoms with van der Waals surface area (Å²) >= 11 is 0. The molecule has 0 saturated heterocycles. The number of benzene rings is 2. The SMILES string of the molecule is CN(C)CC(=O)NNC(=O)c1ccccc1Nc1ccc2c(/C=C/c3ccccn3)n[nH]c2c1. The molecule has 4 N–H and O–H groups in total. The molecule has 0 aliphatic carbocycles. The third kappa shape index (κ3) is 5.64. The summed E-state index contributed by atoms with van der Waals surface area (Å²) in [7, 11) is 3.55. The zero-order chi connectivity index (χ0) is 23.9. The number of anilines is 2. The summed E-state index contributed by atoms with van der Waals surface area (Å²) in [5.41, 5.74) is 9.18. The maximum Gasteiger partial charge on any atom is 0.271 e. The van der Waals surface area contributed by atoms with Crippen molar-refractivity contribution in [1.82, 2.24) is 30.9 Å². The molecular weight excluding hydrogens is 430 g/mol. The summed E-state index contributed by atoms with van der Waals surface area (Å²) in [6.45, 7) is 0.170. The maximum absolute atomic E-state index is 12.6. The number of aromatic nitrogens is 3. The summed E-state index contributed by atoms with van der Waals surface area (Å²) in [6.07, 6.45) is 5.57. The van der Waals surface area contributed by atoms with E-state index in [0.29, 0.717) is 11.3 Å². The van der Waals surface area contributed by atoms with Crippen molar-refractivity contribution in [2.75, 3.05) is 26.0 Å². The van der Waals surface area contributed by atoms with Crippen molar-refractivity contribution in [2.45, 2.75) is 0 Å². The van der Waals surface area contributed by atoms with Gasteiger partial charge in [0, 0.05) is 17.3 Å². The third-order valence-electron chi connectivity index (χ3n) is 4.92. The molecule has 2 heterocycles. The number of likely N-dealkylation sites (N-methyl/N-ethyl adjacent to an activating group) is 1. The first-order valence-corrected chi connectivity index (χ1v) is 10.7. The van der Waals surface area contributed by atoms with E-state index < -0.39 is 5.91 Å². The zero-order valence-electron chi connectivity index (χ0n) is 18.9. The van der Waals surface area contributed by atoms with Crippen LogP contribution in [0.15, 0.2) is 66.9 Å². The Bertz CT molecular complexity index is 1330. The molecule has 0 radical (unpaired) electrons. The van der Waals surface area contributed by atoms with Crippen LogP contribution >= 0.6 is 0 Å². The Labute approximate surface area is 196 Å². The number of hydrazine groups is 1. The fraction of sp³-hybridized carbons (Fsp3) is 0.120. The number of para-hydroxylation sites is 1. The lowest BCUT2D eigenvalue weighted by Crippen LogP contribution is -2.45. The first-order chi connectivity index (χ1) is 16.5. The topological polar surface area (TPSA) is 115 Å². The second-order valence-electron chi connectivity index (χ2n) is 7.87. The lowest BCUT2D eigenvalue weighted by atomic mass is 10.1. The Balaban J connectivity index is 1.48. The van der Waals surface area contributed by atoms with E-state index in [9.17, 15) is 9.59 Å². The number of nitrogens with zero attached hydrogens (tertiary/aromatic N) is 3. The third-order valence-corrected chi connectivity index (χ3v) is 4.92. The number of aromatic amines is 1. The van der Waals surface area contributed by atoms with E-state index in [0.717, 1.165) is 28.0 Å². The van der Waals surface area contributed by atoms with Crippen LogP contribution < -0.4 is 16.2 Å². The van der Waals surface area contributed by atoms with Crippen LogP contribution in [0.3, 0.4) is 0 Å². The van der Waals surface area contributed by atoms with Gasteiger partial charge in [0.15, 0.2) is 0 Å². The fourth-order valence-electron chi connectivity index (χ4n) is 3.35. The number of carbonyl (C=O) groups is 2. The number of nitrogens with one attached hydrogen (secondary N) is 4. The van der Waals surface area contributed by atoms with Crippen LogP contribution in [0.1, 0.15) is 21.7 Å². The standard InChI is InChI=1S/C25H25N7O2/c1-32(2)16-24(33)30-31-25(34)20-8-3-4-9-21(20)27-18-10-12-19-22(28-29-23(19)15-18)13-11-17-7-5-6-14-26-17/h3-15,27H,16H2,1-2H3,(H,28,29)(H,30,33)(H,31,34)/b13-11+. The summed E-state index contributed by atoms with van der Waals surface area (Å²) in [6, 6.07) is 18.6. The van der Waals surface area contributed by atoms with Gasteiger partial charge in [-0.05, 0) is 68.7 Å².